The molecule has 9 heteroatoms. The summed E-state index contributed by atoms with van der Waals surface area (Å²) in [5.74, 6) is -1.68. The zero-order valence-electron chi connectivity index (χ0n) is 18.7. The van der Waals surface area contributed by atoms with Gasteiger partial charge in [0.05, 0.1) is 36.8 Å². The van der Waals surface area contributed by atoms with Crippen molar-refractivity contribution in [3.63, 3.8) is 0 Å². The van der Waals surface area contributed by atoms with Crippen molar-refractivity contribution in [3.8, 4) is 0 Å². The maximum Gasteiger partial charge on any atom is 0.337 e. The van der Waals surface area contributed by atoms with Crippen LogP contribution in [0.15, 0.2) is 45.6 Å². The Kier molecular flexibility index (Phi) is 5.83. The Morgan fingerprint density at radius 3 is 2.47 bits per heavy atom. The van der Waals surface area contributed by atoms with Gasteiger partial charge in [-0.15, -0.1) is 0 Å². The molecule has 0 spiro atoms. The lowest BCUT2D eigenvalue weighted by Crippen LogP contribution is -2.39. The van der Waals surface area contributed by atoms with Crippen molar-refractivity contribution in [1.82, 2.24) is 5.32 Å². The van der Waals surface area contributed by atoms with Crippen LogP contribution in [0.4, 0.5) is 14.7 Å². The molecule has 5 rings (SSSR count). The number of rotatable bonds is 4. The van der Waals surface area contributed by atoms with Gasteiger partial charge in [-0.1, -0.05) is 0 Å². The Morgan fingerprint density at radius 2 is 1.82 bits per heavy atom. The fourth-order valence-electron chi connectivity index (χ4n) is 4.91. The predicted molar refractivity (Wildman–Crippen MR) is 121 cm³/mol. The standard InChI is InChI=1S/C25H24F2N2O5/c1-32-24(31)15-9-19-21(30)14-22(29-5-7-33-8-6-29)34-23(19)20(10-15)25(3-2-4-28-25)16-11-17(26)13-18(27)12-16/h9-14,28H,2-8H2,1H3/t25-/m1/s1. The molecular weight excluding hydrogens is 446 g/mol. The molecule has 0 radical (unpaired) electrons. The van der Waals surface area contributed by atoms with Crippen molar-refractivity contribution in [2.75, 3.05) is 44.9 Å². The minimum absolute atomic E-state index is 0.154. The normalized spacial score (nSPS) is 20.6. The summed E-state index contributed by atoms with van der Waals surface area (Å²) in [6, 6.07) is 7.76. The first kappa shape index (κ1) is 22.5. The molecule has 2 aromatic carbocycles. The van der Waals surface area contributed by atoms with E-state index in [4.69, 9.17) is 13.9 Å². The maximum atomic E-state index is 14.3. The van der Waals surface area contributed by atoms with E-state index in [1.54, 1.807) is 6.07 Å². The zero-order chi connectivity index (χ0) is 23.9. The molecular formula is C25H24F2N2O5. The zero-order valence-corrected chi connectivity index (χ0v) is 18.7. The Balaban J connectivity index is 1.81. The molecule has 0 saturated carbocycles. The average molecular weight is 470 g/mol. The molecule has 0 amide bonds. The van der Waals surface area contributed by atoms with E-state index in [-0.39, 0.29) is 22.0 Å². The SMILES string of the molecule is COC(=O)c1cc([C@]2(c3cc(F)cc(F)c3)CCCN2)c2oc(N3CCOCC3)cc(=O)c2c1. The first-order valence-electron chi connectivity index (χ1n) is 11.2. The number of anilines is 1. The van der Waals surface area contributed by atoms with Crippen LogP contribution in [-0.4, -0.2) is 45.9 Å². The van der Waals surface area contributed by atoms with Gasteiger partial charge in [0.2, 0.25) is 0 Å². The predicted octanol–water partition coefficient (Wildman–Crippen LogP) is 3.32. The Labute approximate surface area is 194 Å². The van der Waals surface area contributed by atoms with E-state index in [1.165, 1.54) is 31.4 Å². The van der Waals surface area contributed by atoms with E-state index < -0.39 is 23.1 Å². The third-order valence-corrected chi connectivity index (χ3v) is 6.53. The van der Waals surface area contributed by atoms with E-state index >= 15 is 0 Å². The van der Waals surface area contributed by atoms with Gasteiger partial charge in [-0.3, -0.25) is 4.79 Å². The van der Waals surface area contributed by atoms with Crippen LogP contribution in [0.5, 0.6) is 0 Å². The van der Waals surface area contributed by atoms with E-state index in [2.05, 4.69) is 5.32 Å². The summed E-state index contributed by atoms with van der Waals surface area (Å²) in [6.07, 6.45) is 1.20. The number of carbonyl (C=O) groups excluding carboxylic acids is 1. The van der Waals surface area contributed by atoms with Crippen LogP contribution in [0.3, 0.4) is 0 Å². The van der Waals surface area contributed by atoms with Crippen LogP contribution < -0.4 is 15.6 Å². The quantitative estimate of drug-likeness (QED) is 0.586. The summed E-state index contributed by atoms with van der Waals surface area (Å²) in [6.45, 7) is 2.70. The Bertz CT molecular complexity index is 1290. The number of morpholine rings is 1. The monoisotopic (exact) mass is 470 g/mol. The second-order valence-corrected chi connectivity index (χ2v) is 8.53. The number of benzene rings is 2. The largest absolute Gasteiger partial charge is 0.465 e. The lowest BCUT2D eigenvalue weighted by atomic mass is 9.80. The van der Waals surface area contributed by atoms with Gasteiger partial charge in [0.25, 0.3) is 0 Å². The number of esters is 1. The first-order chi connectivity index (χ1) is 16.4. The summed E-state index contributed by atoms with van der Waals surface area (Å²) >= 11 is 0. The molecule has 7 nitrogen and oxygen atoms in total. The van der Waals surface area contributed by atoms with Crippen LogP contribution in [0.2, 0.25) is 0 Å². The van der Waals surface area contributed by atoms with Crippen LogP contribution in [0.1, 0.15) is 34.3 Å². The summed E-state index contributed by atoms with van der Waals surface area (Å²) in [7, 11) is 1.25. The molecule has 0 unspecified atom stereocenters. The van der Waals surface area contributed by atoms with E-state index in [0.717, 1.165) is 12.5 Å². The smallest absolute Gasteiger partial charge is 0.337 e. The minimum Gasteiger partial charge on any atom is -0.465 e. The van der Waals surface area contributed by atoms with Gasteiger partial charge in [0, 0.05) is 30.8 Å². The second kappa shape index (κ2) is 8.81. The molecule has 2 saturated heterocycles. The second-order valence-electron chi connectivity index (χ2n) is 8.53. The van der Waals surface area contributed by atoms with Gasteiger partial charge >= 0.3 is 5.97 Å². The van der Waals surface area contributed by atoms with Crippen LogP contribution >= 0.6 is 0 Å². The maximum absolute atomic E-state index is 14.3. The van der Waals surface area contributed by atoms with E-state index in [9.17, 15) is 18.4 Å². The van der Waals surface area contributed by atoms with Crippen molar-refractivity contribution < 1.29 is 27.5 Å². The summed E-state index contributed by atoms with van der Waals surface area (Å²) in [5, 5.41) is 3.57. The summed E-state index contributed by atoms with van der Waals surface area (Å²) in [4.78, 5) is 27.6. The third-order valence-electron chi connectivity index (χ3n) is 6.53. The van der Waals surface area contributed by atoms with Gasteiger partial charge in [-0.25, -0.2) is 13.6 Å². The third kappa shape index (κ3) is 3.84. The molecule has 178 valence electrons. The number of fused-ring (bicyclic) bond motifs is 1. The molecule has 2 aliphatic heterocycles. The molecule has 34 heavy (non-hydrogen) atoms. The highest BCUT2D eigenvalue weighted by Crippen LogP contribution is 2.42. The average Bonchev–Trinajstić information content (AvgIpc) is 3.34. The number of nitrogens with one attached hydrogen (secondary N) is 1. The number of halogens is 2. The molecule has 3 aromatic rings. The van der Waals surface area contributed by atoms with Gasteiger partial charge in [0.15, 0.2) is 11.3 Å². The van der Waals surface area contributed by atoms with Gasteiger partial charge in [-0.05, 0) is 49.2 Å². The van der Waals surface area contributed by atoms with Crippen LogP contribution in [0.25, 0.3) is 11.0 Å². The fourth-order valence-corrected chi connectivity index (χ4v) is 4.91. The van der Waals surface area contributed by atoms with Gasteiger partial charge < -0.3 is 24.1 Å². The van der Waals surface area contributed by atoms with Gasteiger partial charge in [0.1, 0.15) is 17.2 Å². The lowest BCUT2D eigenvalue weighted by Gasteiger charge is -2.32. The number of carbonyl (C=O) groups is 1. The number of nitrogens with zero attached hydrogens (tertiary/aromatic N) is 1. The van der Waals surface area contributed by atoms with Crippen molar-refractivity contribution >= 4 is 22.8 Å². The molecule has 1 N–H and O–H groups in total. The highest BCUT2D eigenvalue weighted by Gasteiger charge is 2.41. The molecule has 1 aromatic heterocycles. The van der Waals surface area contributed by atoms with Gasteiger partial charge in [-0.2, -0.15) is 0 Å². The van der Waals surface area contributed by atoms with Crippen molar-refractivity contribution in [1.29, 1.82) is 0 Å². The first-order valence-corrected chi connectivity index (χ1v) is 11.2. The molecule has 1 atom stereocenters. The van der Waals surface area contributed by atoms with E-state index in [0.29, 0.717) is 56.3 Å². The minimum atomic E-state index is -1.06. The van der Waals surface area contributed by atoms with Crippen LogP contribution in [-0.2, 0) is 15.0 Å². The molecule has 0 bridgehead atoms. The molecule has 2 aliphatic rings. The van der Waals surface area contributed by atoms with Crippen molar-refractivity contribution in [2.24, 2.45) is 0 Å². The molecule has 3 heterocycles. The summed E-state index contributed by atoms with van der Waals surface area (Å²) < 4.78 is 45.2. The fraction of sp³-hybridized carbons (Fsp3) is 0.360. The number of methoxy groups -OCH3 is 1. The Morgan fingerprint density at radius 1 is 1.09 bits per heavy atom. The highest BCUT2D eigenvalue weighted by molar-refractivity contribution is 5.96. The number of ether oxygens (including phenoxy) is 2. The van der Waals surface area contributed by atoms with E-state index in [1.807, 2.05) is 4.90 Å². The number of hydrogen-bond acceptors (Lipinski definition) is 7. The Hall–Kier alpha value is -3.30. The lowest BCUT2D eigenvalue weighted by molar-refractivity contribution is 0.0600. The molecule has 2 fully saturated rings. The highest BCUT2D eigenvalue weighted by atomic mass is 19.1. The van der Waals surface area contributed by atoms with Crippen molar-refractivity contribution in [3.05, 3.63) is 74.9 Å². The topological polar surface area (TPSA) is 81.0 Å². The molecule has 0 aliphatic carbocycles. The number of hydrogen-bond donors (Lipinski definition) is 1. The van der Waals surface area contributed by atoms with Crippen molar-refractivity contribution in [2.45, 2.75) is 18.4 Å². The summed E-state index contributed by atoms with van der Waals surface area (Å²) in [5.41, 5.74) is -0.161. The van der Waals surface area contributed by atoms with Crippen LogP contribution in [0, 0.1) is 11.6 Å².